The van der Waals surface area contributed by atoms with E-state index >= 15 is 0 Å². The summed E-state index contributed by atoms with van der Waals surface area (Å²) in [6, 6.07) is 0.737. The summed E-state index contributed by atoms with van der Waals surface area (Å²) in [6.45, 7) is 14.0. The van der Waals surface area contributed by atoms with Gasteiger partial charge in [0.1, 0.15) is 0 Å². The fourth-order valence-electron chi connectivity index (χ4n) is 4.36. The molecule has 0 bridgehead atoms. The maximum Gasteiger partial charge on any atom is 0.228 e. The molecule has 0 atom stereocenters. The molecule has 0 saturated carbocycles. The van der Waals surface area contributed by atoms with Crippen molar-refractivity contribution in [1.82, 2.24) is 19.4 Å². The number of rotatable bonds is 8. The van der Waals surface area contributed by atoms with E-state index in [1.54, 1.807) is 20.0 Å². The summed E-state index contributed by atoms with van der Waals surface area (Å²) < 4.78 is 27.6. The molecular formula is C21H38N4O2S. The molecule has 6 nitrogen and oxygen atoms in total. The first kappa shape index (κ1) is 21.8. The minimum absolute atomic E-state index is 0.255. The van der Waals surface area contributed by atoms with Crippen LogP contribution in [0.4, 0.5) is 0 Å². The summed E-state index contributed by atoms with van der Waals surface area (Å²) in [4.78, 5) is 9.51. The molecule has 28 heavy (non-hydrogen) atoms. The molecule has 7 heteroatoms. The van der Waals surface area contributed by atoms with E-state index in [0.717, 1.165) is 44.3 Å². The molecule has 1 aromatic heterocycles. The Morgan fingerprint density at radius 2 is 1.71 bits per heavy atom. The number of hydrogen-bond donors (Lipinski definition) is 0. The molecule has 160 valence electrons. The van der Waals surface area contributed by atoms with Gasteiger partial charge in [-0.1, -0.05) is 13.8 Å². The molecule has 1 aromatic rings. The molecule has 0 spiro atoms. The van der Waals surface area contributed by atoms with Gasteiger partial charge < -0.3 is 9.47 Å². The smallest absolute Gasteiger partial charge is 0.228 e. The largest absolute Gasteiger partial charge is 0.318 e. The summed E-state index contributed by atoms with van der Waals surface area (Å²) in [5.41, 5.74) is 1.04. The van der Waals surface area contributed by atoms with E-state index in [1.165, 1.54) is 38.8 Å². The zero-order chi connectivity index (χ0) is 20.3. The van der Waals surface area contributed by atoms with Gasteiger partial charge in [-0.2, -0.15) is 0 Å². The number of piperidine rings is 1. The van der Waals surface area contributed by atoms with Crippen LogP contribution in [0, 0.1) is 5.92 Å². The predicted molar refractivity (Wildman–Crippen MR) is 113 cm³/mol. The molecule has 3 rings (SSSR count). The van der Waals surface area contributed by atoms with Crippen molar-refractivity contribution < 1.29 is 8.42 Å². The standard InChI is InChI=1S/C21H38N4O2S/c1-17(2)7-14-25-20(15-22-21(25)28(26,27)18(3)4)16-23-12-8-19(9-13-23)24-10-5-6-11-24/h15,17-19H,5-14,16H2,1-4H3. The summed E-state index contributed by atoms with van der Waals surface area (Å²) in [7, 11) is -3.37. The van der Waals surface area contributed by atoms with Crippen molar-refractivity contribution in [3.05, 3.63) is 11.9 Å². The van der Waals surface area contributed by atoms with Crippen molar-refractivity contribution in [3.8, 4) is 0 Å². The molecular weight excluding hydrogens is 372 g/mol. The van der Waals surface area contributed by atoms with Crippen molar-refractivity contribution >= 4 is 9.84 Å². The number of hydrogen-bond acceptors (Lipinski definition) is 5. The Morgan fingerprint density at radius 3 is 2.29 bits per heavy atom. The highest BCUT2D eigenvalue weighted by molar-refractivity contribution is 7.91. The number of aromatic nitrogens is 2. The lowest BCUT2D eigenvalue weighted by molar-refractivity contribution is 0.120. The van der Waals surface area contributed by atoms with Crippen molar-refractivity contribution in [2.75, 3.05) is 26.2 Å². The maximum atomic E-state index is 12.8. The van der Waals surface area contributed by atoms with Crippen LogP contribution in [0.15, 0.2) is 11.4 Å². The summed E-state index contributed by atoms with van der Waals surface area (Å²) >= 11 is 0. The van der Waals surface area contributed by atoms with Gasteiger partial charge in [0.05, 0.1) is 17.1 Å². The third kappa shape index (κ3) is 4.97. The molecule has 2 aliphatic heterocycles. The molecule has 2 aliphatic rings. The topological polar surface area (TPSA) is 58.4 Å². The van der Waals surface area contributed by atoms with Gasteiger partial charge >= 0.3 is 0 Å². The fourth-order valence-corrected chi connectivity index (χ4v) is 5.50. The monoisotopic (exact) mass is 410 g/mol. The highest BCUT2D eigenvalue weighted by atomic mass is 32.2. The van der Waals surface area contributed by atoms with Crippen LogP contribution in [0.1, 0.15) is 65.5 Å². The molecule has 0 radical (unpaired) electrons. The Kier molecular flexibility index (Phi) is 7.21. The van der Waals surface area contributed by atoms with Gasteiger partial charge in [-0.05, 0) is 65.0 Å². The van der Waals surface area contributed by atoms with Gasteiger partial charge in [-0.3, -0.25) is 4.90 Å². The van der Waals surface area contributed by atoms with E-state index in [4.69, 9.17) is 0 Å². The Labute approximate surface area is 171 Å². The molecule has 0 amide bonds. The lowest BCUT2D eigenvalue weighted by Gasteiger charge is -2.36. The van der Waals surface area contributed by atoms with Gasteiger partial charge in [0.25, 0.3) is 0 Å². The third-order valence-electron chi connectivity index (χ3n) is 6.31. The first-order chi connectivity index (χ1) is 13.3. The minimum Gasteiger partial charge on any atom is -0.318 e. The molecule has 2 saturated heterocycles. The highest BCUT2D eigenvalue weighted by Crippen LogP contribution is 2.24. The Hall–Kier alpha value is -0.920. The highest BCUT2D eigenvalue weighted by Gasteiger charge is 2.29. The maximum absolute atomic E-state index is 12.8. The number of nitrogens with zero attached hydrogens (tertiary/aromatic N) is 4. The lowest BCUT2D eigenvalue weighted by atomic mass is 10.0. The summed E-state index contributed by atoms with van der Waals surface area (Å²) in [6.07, 6.45) is 7.89. The Balaban J connectivity index is 1.70. The van der Waals surface area contributed by atoms with Crippen LogP contribution >= 0.6 is 0 Å². The van der Waals surface area contributed by atoms with Crippen LogP contribution in [0.2, 0.25) is 0 Å². The lowest BCUT2D eigenvalue weighted by Crippen LogP contribution is -2.43. The van der Waals surface area contributed by atoms with Gasteiger partial charge in [0.15, 0.2) is 0 Å². The van der Waals surface area contributed by atoms with Crippen LogP contribution in [0.3, 0.4) is 0 Å². The van der Waals surface area contributed by atoms with Gasteiger partial charge in [-0.25, -0.2) is 13.4 Å². The predicted octanol–water partition coefficient (Wildman–Crippen LogP) is 3.17. The first-order valence-corrected chi connectivity index (χ1v) is 12.6. The van der Waals surface area contributed by atoms with Crippen LogP contribution in [0.5, 0.6) is 0 Å². The second kappa shape index (κ2) is 9.26. The van der Waals surface area contributed by atoms with E-state index in [-0.39, 0.29) is 5.16 Å². The van der Waals surface area contributed by atoms with E-state index in [2.05, 4.69) is 28.6 Å². The normalized spacial score (nSPS) is 20.6. The Morgan fingerprint density at radius 1 is 1.07 bits per heavy atom. The second-order valence-corrected chi connectivity index (χ2v) is 11.6. The SMILES string of the molecule is CC(C)CCn1c(CN2CCC(N3CCCC3)CC2)cnc1S(=O)(=O)C(C)C. The zero-order valence-electron chi connectivity index (χ0n) is 18.1. The number of likely N-dealkylation sites (tertiary alicyclic amines) is 2. The fraction of sp³-hybridized carbons (Fsp3) is 0.857. The molecule has 0 N–H and O–H groups in total. The van der Waals surface area contributed by atoms with Crippen LogP contribution in [0.25, 0.3) is 0 Å². The minimum atomic E-state index is -3.37. The third-order valence-corrected chi connectivity index (χ3v) is 8.38. The van der Waals surface area contributed by atoms with Crippen LogP contribution < -0.4 is 0 Å². The number of sulfone groups is 1. The van der Waals surface area contributed by atoms with Gasteiger partial charge in [0.2, 0.25) is 15.0 Å². The quantitative estimate of drug-likeness (QED) is 0.659. The van der Waals surface area contributed by atoms with Crippen LogP contribution in [-0.2, 0) is 22.9 Å². The summed E-state index contributed by atoms with van der Waals surface area (Å²) in [5.74, 6) is 0.529. The summed E-state index contributed by atoms with van der Waals surface area (Å²) in [5, 5.41) is -0.193. The average Bonchev–Trinajstić information content (AvgIpc) is 3.30. The molecule has 3 heterocycles. The molecule has 2 fully saturated rings. The zero-order valence-corrected chi connectivity index (χ0v) is 18.9. The van der Waals surface area contributed by atoms with Crippen molar-refractivity contribution in [2.45, 2.75) is 89.3 Å². The van der Waals surface area contributed by atoms with Crippen molar-refractivity contribution in [1.29, 1.82) is 0 Å². The van der Waals surface area contributed by atoms with Crippen molar-refractivity contribution in [3.63, 3.8) is 0 Å². The van der Waals surface area contributed by atoms with Crippen LogP contribution in [-0.4, -0.2) is 65.2 Å². The van der Waals surface area contributed by atoms with E-state index < -0.39 is 15.1 Å². The Bertz CT molecular complexity index is 728. The van der Waals surface area contributed by atoms with E-state index in [0.29, 0.717) is 5.92 Å². The molecule has 0 unspecified atom stereocenters. The van der Waals surface area contributed by atoms with Gasteiger partial charge in [0, 0.05) is 32.2 Å². The van der Waals surface area contributed by atoms with Gasteiger partial charge in [-0.15, -0.1) is 0 Å². The van der Waals surface area contributed by atoms with E-state index in [9.17, 15) is 8.42 Å². The average molecular weight is 411 g/mol. The van der Waals surface area contributed by atoms with E-state index in [1.807, 2.05) is 4.57 Å². The second-order valence-electron chi connectivity index (χ2n) is 9.21. The molecule has 0 aliphatic carbocycles. The first-order valence-electron chi connectivity index (χ1n) is 11.0. The number of imidazole rings is 1. The van der Waals surface area contributed by atoms with Crippen molar-refractivity contribution in [2.24, 2.45) is 5.92 Å². The molecule has 0 aromatic carbocycles.